The first-order valence-electron chi connectivity index (χ1n) is 9.38. The number of hydrogen-bond acceptors (Lipinski definition) is 3. The van der Waals surface area contributed by atoms with Crippen LogP contribution in [0.15, 0.2) is 47.5 Å². The lowest BCUT2D eigenvalue weighted by molar-refractivity contribution is -0.671. The van der Waals surface area contributed by atoms with Crippen molar-refractivity contribution in [2.75, 3.05) is 6.61 Å². The fraction of sp³-hybridized carbons (Fsp3) is 0.286. The number of fused-ring (bicyclic) bond motifs is 2. The van der Waals surface area contributed by atoms with E-state index in [2.05, 4.69) is 28.4 Å². The van der Waals surface area contributed by atoms with Crippen molar-refractivity contribution in [3.05, 3.63) is 53.1 Å². The van der Waals surface area contributed by atoms with Crippen LogP contribution < -0.4 is 14.9 Å². The molecule has 4 rings (SSSR count). The van der Waals surface area contributed by atoms with Gasteiger partial charge in [0.1, 0.15) is 11.6 Å². The van der Waals surface area contributed by atoms with Crippen molar-refractivity contribution in [1.82, 2.24) is 15.0 Å². The summed E-state index contributed by atoms with van der Waals surface area (Å²) in [5.41, 5.74) is 3.28. The predicted molar refractivity (Wildman–Crippen MR) is 106 cm³/mol. The maximum atomic E-state index is 12.8. The molecule has 4 aromatic rings. The highest BCUT2D eigenvalue weighted by atomic mass is 16.5. The minimum absolute atomic E-state index is 0.147. The van der Waals surface area contributed by atoms with E-state index in [4.69, 9.17) is 9.72 Å². The smallest absolute Gasteiger partial charge is 0.259 e. The predicted octanol–water partition coefficient (Wildman–Crippen LogP) is 3.56. The van der Waals surface area contributed by atoms with E-state index in [1.165, 1.54) is 0 Å². The van der Waals surface area contributed by atoms with Crippen LogP contribution in [-0.4, -0.2) is 21.6 Å². The van der Waals surface area contributed by atoms with Crippen LogP contribution >= 0.6 is 0 Å². The first-order chi connectivity index (χ1) is 13.2. The number of rotatable bonds is 6. The maximum Gasteiger partial charge on any atom is 0.259 e. The van der Waals surface area contributed by atoms with Gasteiger partial charge in [-0.2, -0.15) is 0 Å². The minimum atomic E-state index is -0.147. The summed E-state index contributed by atoms with van der Waals surface area (Å²) in [5, 5.41) is 0.586. The second-order valence-electron chi connectivity index (χ2n) is 6.61. The molecule has 6 nitrogen and oxygen atoms in total. The zero-order valence-electron chi connectivity index (χ0n) is 15.6. The van der Waals surface area contributed by atoms with Crippen molar-refractivity contribution in [1.29, 1.82) is 0 Å². The molecule has 2 heterocycles. The van der Waals surface area contributed by atoms with Gasteiger partial charge in [-0.15, -0.1) is 0 Å². The molecule has 0 aliphatic heterocycles. The number of aromatic amines is 2. The SMILES string of the molecule is CCCOc1ccccc1-c1nc2cc3[nH]c[n+](CCC)c3cc2c(=O)[nH]1. The highest BCUT2D eigenvalue weighted by Crippen LogP contribution is 2.28. The highest BCUT2D eigenvalue weighted by Gasteiger charge is 2.15. The number of para-hydroxylation sites is 1. The normalized spacial score (nSPS) is 11.3. The molecule has 0 fully saturated rings. The lowest BCUT2D eigenvalue weighted by Crippen LogP contribution is -2.31. The third-order valence-electron chi connectivity index (χ3n) is 4.58. The van der Waals surface area contributed by atoms with Gasteiger partial charge in [0, 0.05) is 12.1 Å². The van der Waals surface area contributed by atoms with Gasteiger partial charge in [0.15, 0.2) is 11.0 Å². The largest absolute Gasteiger partial charge is 0.493 e. The number of aryl methyl sites for hydroxylation is 1. The monoisotopic (exact) mass is 363 g/mol. The standard InChI is InChI=1S/C21H22N4O2/c1-3-9-25-13-22-17-12-16-15(11-18(17)25)21(26)24-20(23-16)14-7-5-6-8-19(14)27-10-4-2/h5-8,11-13H,3-4,9-10H2,1-2H3,(H,23,24,26)/p+1. The van der Waals surface area contributed by atoms with Gasteiger partial charge in [-0.1, -0.05) is 26.0 Å². The number of imidazole rings is 1. The van der Waals surface area contributed by atoms with Crippen LogP contribution in [0.3, 0.4) is 0 Å². The van der Waals surface area contributed by atoms with E-state index in [0.29, 0.717) is 23.3 Å². The Balaban J connectivity index is 1.87. The van der Waals surface area contributed by atoms with E-state index in [0.717, 1.165) is 41.7 Å². The summed E-state index contributed by atoms with van der Waals surface area (Å²) in [6.07, 6.45) is 3.88. The summed E-state index contributed by atoms with van der Waals surface area (Å²) < 4.78 is 7.94. The maximum absolute atomic E-state index is 12.8. The summed E-state index contributed by atoms with van der Waals surface area (Å²) in [6, 6.07) is 11.5. The second kappa shape index (κ2) is 7.23. The molecule has 6 heteroatoms. The zero-order chi connectivity index (χ0) is 18.8. The molecule has 0 bridgehead atoms. The van der Waals surface area contributed by atoms with Crippen molar-refractivity contribution in [2.24, 2.45) is 0 Å². The van der Waals surface area contributed by atoms with Crippen LogP contribution in [0.2, 0.25) is 0 Å². The molecule has 0 radical (unpaired) electrons. The van der Waals surface area contributed by atoms with E-state index in [9.17, 15) is 4.79 Å². The van der Waals surface area contributed by atoms with Crippen LogP contribution in [0.5, 0.6) is 5.75 Å². The van der Waals surface area contributed by atoms with Gasteiger partial charge < -0.3 is 9.72 Å². The molecule has 0 aliphatic rings. The molecule has 0 atom stereocenters. The molecule has 2 N–H and O–H groups in total. The number of benzene rings is 2. The molecule has 0 unspecified atom stereocenters. The molecule has 2 aromatic carbocycles. The van der Waals surface area contributed by atoms with Gasteiger partial charge in [0.05, 0.1) is 29.6 Å². The lowest BCUT2D eigenvalue weighted by atomic mass is 10.1. The number of H-pyrrole nitrogens is 2. The Morgan fingerprint density at radius 1 is 1.15 bits per heavy atom. The molecular formula is C21H23N4O2+. The van der Waals surface area contributed by atoms with Gasteiger partial charge in [0.25, 0.3) is 5.56 Å². The summed E-state index contributed by atoms with van der Waals surface area (Å²) in [4.78, 5) is 23.7. The average Bonchev–Trinajstić information content (AvgIpc) is 3.07. The molecule has 2 aromatic heterocycles. The van der Waals surface area contributed by atoms with Crippen molar-refractivity contribution in [2.45, 2.75) is 33.2 Å². The Labute approximate surface area is 156 Å². The topological polar surface area (TPSA) is 74.7 Å². The number of nitrogens with one attached hydrogen (secondary N) is 2. The van der Waals surface area contributed by atoms with Gasteiger partial charge >= 0.3 is 0 Å². The van der Waals surface area contributed by atoms with Crippen LogP contribution in [0, 0.1) is 0 Å². The molecular weight excluding hydrogens is 340 g/mol. The molecule has 0 amide bonds. The summed E-state index contributed by atoms with van der Waals surface area (Å²) in [6.45, 7) is 5.71. The van der Waals surface area contributed by atoms with Crippen molar-refractivity contribution in [3.63, 3.8) is 0 Å². The minimum Gasteiger partial charge on any atom is -0.493 e. The quantitative estimate of drug-likeness (QED) is 0.514. The second-order valence-corrected chi connectivity index (χ2v) is 6.61. The van der Waals surface area contributed by atoms with E-state index in [1.54, 1.807) is 0 Å². The Bertz CT molecular complexity index is 1160. The van der Waals surface area contributed by atoms with Gasteiger partial charge in [-0.25, -0.2) is 14.5 Å². The molecule has 0 saturated heterocycles. The van der Waals surface area contributed by atoms with Crippen molar-refractivity contribution in [3.8, 4) is 17.1 Å². The number of hydrogen-bond donors (Lipinski definition) is 2. The molecule has 0 aliphatic carbocycles. The Morgan fingerprint density at radius 2 is 2.00 bits per heavy atom. The summed E-state index contributed by atoms with van der Waals surface area (Å²) in [5.74, 6) is 1.25. The van der Waals surface area contributed by atoms with E-state index >= 15 is 0 Å². The highest BCUT2D eigenvalue weighted by molar-refractivity contribution is 5.91. The summed E-state index contributed by atoms with van der Waals surface area (Å²) >= 11 is 0. The van der Waals surface area contributed by atoms with Crippen LogP contribution in [-0.2, 0) is 6.54 Å². The zero-order valence-corrected chi connectivity index (χ0v) is 15.6. The Kier molecular flexibility index (Phi) is 4.62. The number of ether oxygens (including phenoxy) is 1. The van der Waals surface area contributed by atoms with Crippen molar-refractivity contribution < 1.29 is 9.30 Å². The molecule has 27 heavy (non-hydrogen) atoms. The molecule has 138 valence electrons. The molecule has 0 saturated carbocycles. The van der Waals surface area contributed by atoms with Gasteiger partial charge in [0.2, 0.25) is 6.33 Å². The number of aromatic nitrogens is 4. The van der Waals surface area contributed by atoms with E-state index in [-0.39, 0.29) is 5.56 Å². The van der Waals surface area contributed by atoms with Crippen LogP contribution in [0.4, 0.5) is 0 Å². The first kappa shape index (κ1) is 17.3. The van der Waals surface area contributed by atoms with E-state index in [1.807, 2.05) is 42.7 Å². The Hall–Kier alpha value is -3.15. The van der Waals surface area contributed by atoms with Crippen molar-refractivity contribution >= 4 is 21.9 Å². The van der Waals surface area contributed by atoms with Gasteiger partial charge in [-0.05, 0) is 25.0 Å². The molecule has 0 spiro atoms. The fourth-order valence-electron chi connectivity index (χ4n) is 3.30. The third-order valence-corrected chi connectivity index (χ3v) is 4.58. The third kappa shape index (κ3) is 3.18. The fourth-order valence-corrected chi connectivity index (χ4v) is 3.30. The summed E-state index contributed by atoms with van der Waals surface area (Å²) in [7, 11) is 0. The van der Waals surface area contributed by atoms with E-state index < -0.39 is 0 Å². The average molecular weight is 363 g/mol. The Morgan fingerprint density at radius 3 is 2.81 bits per heavy atom. The van der Waals surface area contributed by atoms with Gasteiger partial charge in [-0.3, -0.25) is 4.79 Å². The number of nitrogens with zero attached hydrogens (tertiary/aromatic N) is 2. The van der Waals surface area contributed by atoms with Crippen LogP contribution in [0.1, 0.15) is 26.7 Å². The van der Waals surface area contributed by atoms with Crippen LogP contribution in [0.25, 0.3) is 33.3 Å². The lowest BCUT2D eigenvalue weighted by Gasteiger charge is -2.10. The first-order valence-corrected chi connectivity index (χ1v) is 9.38.